The van der Waals surface area contributed by atoms with Gasteiger partial charge in [0.15, 0.2) is 12.0 Å². The molecule has 0 atom stereocenters. The van der Waals surface area contributed by atoms with Crippen molar-refractivity contribution < 1.29 is 34.8 Å². The lowest BCUT2D eigenvalue weighted by Crippen LogP contribution is -2.34. The van der Waals surface area contributed by atoms with Gasteiger partial charge in [-0.15, -0.1) is 0 Å². The molecule has 0 bridgehead atoms. The van der Waals surface area contributed by atoms with Crippen molar-refractivity contribution >= 4 is 23.9 Å². The number of phenolic OH excluding ortho intramolecular Hbond substituents is 2. The summed E-state index contributed by atoms with van der Waals surface area (Å²) in [6.07, 6.45) is 0.188. The number of carboxylic acid groups (broad SMARTS) is 2. The summed E-state index contributed by atoms with van der Waals surface area (Å²) in [5.41, 5.74) is -0.594. The zero-order chi connectivity index (χ0) is 14.6. The van der Waals surface area contributed by atoms with Gasteiger partial charge in [0.2, 0.25) is 0 Å². The molecule has 0 radical (unpaired) electrons. The van der Waals surface area contributed by atoms with Crippen LogP contribution in [-0.4, -0.2) is 51.7 Å². The summed E-state index contributed by atoms with van der Waals surface area (Å²) in [6.45, 7) is -1.36. The molecule has 0 aliphatic heterocycles. The Labute approximate surface area is 107 Å². The van der Waals surface area contributed by atoms with E-state index in [1.54, 1.807) is 0 Å². The van der Waals surface area contributed by atoms with Gasteiger partial charge < -0.3 is 25.3 Å². The zero-order valence-corrected chi connectivity index (χ0v) is 9.61. The molecule has 1 rings (SSSR count). The summed E-state index contributed by atoms with van der Waals surface area (Å²) in [5.74, 6) is -3.76. The predicted octanol–water partition coefficient (Wildman–Crippen LogP) is -0.114. The number of rotatable bonds is 6. The molecule has 8 nitrogen and oxygen atoms in total. The van der Waals surface area contributed by atoms with Crippen LogP contribution >= 0.6 is 0 Å². The molecule has 0 aliphatic carbocycles. The highest BCUT2D eigenvalue weighted by Gasteiger charge is 2.20. The molecule has 0 amide bonds. The molecule has 102 valence electrons. The summed E-state index contributed by atoms with van der Waals surface area (Å²) in [7, 11) is 0. The molecular weight excluding hydrogens is 258 g/mol. The first-order valence-electron chi connectivity index (χ1n) is 5.05. The van der Waals surface area contributed by atoms with E-state index in [0.29, 0.717) is 0 Å². The molecule has 0 fully saturated rings. The van der Waals surface area contributed by atoms with Gasteiger partial charge >= 0.3 is 11.9 Å². The zero-order valence-electron chi connectivity index (χ0n) is 9.61. The van der Waals surface area contributed by atoms with Crippen LogP contribution in [0.5, 0.6) is 11.5 Å². The van der Waals surface area contributed by atoms with Crippen LogP contribution in [0.1, 0.15) is 10.4 Å². The van der Waals surface area contributed by atoms with Gasteiger partial charge in [0.05, 0.1) is 11.3 Å². The number of carbonyl (C=O) groups is 3. The summed E-state index contributed by atoms with van der Waals surface area (Å²) >= 11 is 0. The Hall–Kier alpha value is -2.77. The Kier molecular flexibility index (Phi) is 4.30. The van der Waals surface area contributed by atoms with E-state index in [-0.39, 0.29) is 12.0 Å². The van der Waals surface area contributed by atoms with Crippen LogP contribution in [0, 0.1) is 0 Å². The number of aldehydes is 1. The number of nitrogens with zero attached hydrogens (tertiary/aromatic N) is 1. The second-order valence-corrected chi connectivity index (χ2v) is 3.63. The van der Waals surface area contributed by atoms with Crippen LogP contribution in [0.2, 0.25) is 0 Å². The number of aromatic hydroxyl groups is 2. The Morgan fingerprint density at radius 2 is 1.63 bits per heavy atom. The highest BCUT2D eigenvalue weighted by Crippen LogP contribution is 2.35. The second kappa shape index (κ2) is 5.71. The molecule has 0 aromatic heterocycles. The molecule has 4 N–H and O–H groups in total. The smallest absolute Gasteiger partial charge is 0.323 e. The van der Waals surface area contributed by atoms with Crippen molar-refractivity contribution in [1.82, 2.24) is 0 Å². The fourth-order valence-corrected chi connectivity index (χ4v) is 1.51. The molecule has 0 aliphatic rings. The van der Waals surface area contributed by atoms with Gasteiger partial charge in [0, 0.05) is 0 Å². The van der Waals surface area contributed by atoms with Crippen molar-refractivity contribution in [3.8, 4) is 11.5 Å². The van der Waals surface area contributed by atoms with Crippen LogP contribution in [-0.2, 0) is 9.59 Å². The summed E-state index contributed by atoms with van der Waals surface area (Å²) in [4.78, 5) is 32.9. The molecule has 0 spiro atoms. The number of aliphatic carboxylic acids is 2. The van der Waals surface area contributed by atoms with Gasteiger partial charge in [-0.3, -0.25) is 14.4 Å². The van der Waals surface area contributed by atoms with Crippen molar-refractivity contribution in [2.24, 2.45) is 0 Å². The molecular formula is C11H11NO7. The molecule has 0 saturated heterocycles. The maximum atomic E-state index is 10.7. The fourth-order valence-electron chi connectivity index (χ4n) is 1.51. The molecule has 0 saturated carbocycles. The number of hydrogen-bond donors (Lipinski definition) is 4. The lowest BCUT2D eigenvalue weighted by molar-refractivity contribution is -0.136. The van der Waals surface area contributed by atoms with E-state index in [1.165, 1.54) is 0 Å². The number of hydrogen-bond acceptors (Lipinski definition) is 6. The fraction of sp³-hybridized carbons (Fsp3) is 0.182. The third kappa shape index (κ3) is 3.35. The van der Waals surface area contributed by atoms with Gasteiger partial charge in [-0.1, -0.05) is 0 Å². The number of carboxylic acids is 2. The largest absolute Gasteiger partial charge is 0.507 e. The van der Waals surface area contributed by atoms with Crippen molar-refractivity contribution in [3.05, 3.63) is 17.7 Å². The van der Waals surface area contributed by atoms with E-state index in [2.05, 4.69) is 0 Å². The van der Waals surface area contributed by atoms with Crippen LogP contribution in [0.4, 0.5) is 5.69 Å². The minimum absolute atomic E-state index is 0.162. The average Bonchev–Trinajstić information content (AvgIpc) is 2.27. The predicted molar refractivity (Wildman–Crippen MR) is 62.6 cm³/mol. The maximum Gasteiger partial charge on any atom is 0.323 e. The van der Waals surface area contributed by atoms with E-state index in [0.717, 1.165) is 17.0 Å². The van der Waals surface area contributed by atoms with Gasteiger partial charge in [0.25, 0.3) is 0 Å². The van der Waals surface area contributed by atoms with Crippen molar-refractivity contribution in [3.63, 3.8) is 0 Å². The lowest BCUT2D eigenvalue weighted by atomic mass is 10.1. The molecule has 0 heterocycles. The average molecular weight is 269 g/mol. The maximum absolute atomic E-state index is 10.7. The van der Waals surface area contributed by atoms with Crippen LogP contribution in [0.25, 0.3) is 0 Å². The first kappa shape index (κ1) is 14.3. The van der Waals surface area contributed by atoms with Crippen molar-refractivity contribution in [2.45, 2.75) is 0 Å². The Morgan fingerprint density at radius 3 is 2.05 bits per heavy atom. The number of benzene rings is 1. The first-order chi connectivity index (χ1) is 8.86. The van der Waals surface area contributed by atoms with Crippen LogP contribution < -0.4 is 4.90 Å². The highest BCUT2D eigenvalue weighted by atomic mass is 16.4. The van der Waals surface area contributed by atoms with E-state index < -0.39 is 42.1 Å². The first-order valence-corrected chi connectivity index (χ1v) is 5.05. The van der Waals surface area contributed by atoms with Gasteiger partial charge in [0.1, 0.15) is 18.8 Å². The third-order valence-corrected chi connectivity index (χ3v) is 2.28. The third-order valence-electron chi connectivity index (χ3n) is 2.28. The SMILES string of the molecule is O=Cc1c(O)ccc(N(CC(=O)O)CC(=O)O)c1O. The van der Waals surface area contributed by atoms with E-state index in [9.17, 15) is 24.6 Å². The number of carbonyl (C=O) groups excluding carboxylic acids is 1. The minimum Gasteiger partial charge on any atom is -0.507 e. The number of anilines is 1. The quantitative estimate of drug-likeness (QED) is 0.525. The van der Waals surface area contributed by atoms with E-state index >= 15 is 0 Å². The Morgan fingerprint density at radius 1 is 1.11 bits per heavy atom. The van der Waals surface area contributed by atoms with Crippen LogP contribution in [0.15, 0.2) is 12.1 Å². The molecule has 8 heteroatoms. The molecule has 1 aromatic carbocycles. The monoisotopic (exact) mass is 269 g/mol. The summed E-state index contributed by atoms with van der Waals surface area (Å²) in [6, 6.07) is 2.19. The second-order valence-electron chi connectivity index (χ2n) is 3.63. The van der Waals surface area contributed by atoms with Gasteiger partial charge in [-0.25, -0.2) is 0 Å². The highest BCUT2D eigenvalue weighted by molar-refractivity contribution is 5.89. The molecule has 19 heavy (non-hydrogen) atoms. The van der Waals surface area contributed by atoms with E-state index in [4.69, 9.17) is 10.2 Å². The van der Waals surface area contributed by atoms with Crippen molar-refractivity contribution in [1.29, 1.82) is 0 Å². The van der Waals surface area contributed by atoms with Crippen LogP contribution in [0.3, 0.4) is 0 Å². The Bertz CT molecular complexity index is 510. The lowest BCUT2D eigenvalue weighted by Gasteiger charge is -2.22. The van der Waals surface area contributed by atoms with E-state index in [1.807, 2.05) is 0 Å². The summed E-state index contributed by atoms with van der Waals surface area (Å²) in [5, 5.41) is 36.5. The standard InChI is InChI=1S/C11H11NO7/c13-5-6-8(14)2-1-7(11(6)19)12(3-9(15)16)4-10(17)18/h1-2,5,14,19H,3-4H2,(H,15,16)(H,17,18). The van der Waals surface area contributed by atoms with Crippen molar-refractivity contribution in [2.75, 3.05) is 18.0 Å². The molecule has 1 aromatic rings. The number of phenols is 2. The normalized spacial score (nSPS) is 9.89. The minimum atomic E-state index is -1.30. The van der Waals surface area contributed by atoms with Gasteiger partial charge in [-0.05, 0) is 12.1 Å². The Balaban J connectivity index is 3.25. The molecule has 0 unspecified atom stereocenters. The van der Waals surface area contributed by atoms with Gasteiger partial charge in [-0.2, -0.15) is 0 Å². The summed E-state index contributed by atoms with van der Waals surface area (Å²) < 4.78 is 0. The topological polar surface area (TPSA) is 135 Å².